The van der Waals surface area contributed by atoms with Crippen LogP contribution in [0.3, 0.4) is 0 Å². The van der Waals surface area contributed by atoms with Crippen molar-refractivity contribution in [2.24, 2.45) is 0 Å². The molecule has 1 aromatic carbocycles. The molecule has 6 heteroatoms. The number of amides is 1. The van der Waals surface area contributed by atoms with Crippen molar-refractivity contribution < 1.29 is 14.3 Å². The summed E-state index contributed by atoms with van der Waals surface area (Å²) in [5.74, 6) is 1.14. The molecule has 0 saturated carbocycles. The lowest BCUT2D eigenvalue weighted by Gasteiger charge is -2.06. The maximum absolute atomic E-state index is 12.2. The predicted octanol–water partition coefficient (Wildman–Crippen LogP) is 1.87. The summed E-state index contributed by atoms with van der Waals surface area (Å²) in [6, 6.07) is 5.17. The average molecular weight is 287 g/mol. The standard InChI is InChI=1S/C15H17N3O3/c1-3-18-10(2)12(8-17-18)7-16-15(19)11-4-5-13-14(6-11)21-9-20-13/h4-6,8H,3,7,9H2,1-2H3,(H,16,19). The molecule has 0 radical (unpaired) electrons. The number of aromatic nitrogens is 2. The van der Waals surface area contributed by atoms with Crippen LogP contribution in [-0.2, 0) is 13.1 Å². The van der Waals surface area contributed by atoms with Crippen LogP contribution in [0.2, 0.25) is 0 Å². The first-order chi connectivity index (χ1) is 10.2. The lowest BCUT2D eigenvalue weighted by atomic mass is 10.2. The van der Waals surface area contributed by atoms with E-state index in [2.05, 4.69) is 10.4 Å². The third kappa shape index (κ3) is 2.56. The zero-order valence-electron chi connectivity index (χ0n) is 12.0. The molecule has 0 fully saturated rings. The number of hydrogen-bond donors (Lipinski definition) is 1. The number of rotatable bonds is 4. The molecule has 1 aliphatic rings. The summed E-state index contributed by atoms with van der Waals surface area (Å²) in [6.07, 6.45) is 1.79. The van der Waals surface area contributed by atoms with Crippen LogP contribution in [0.25, 0.3) is 0 Å². The van der Waals surface area contributed by atoms with E-state index in [1.54, 1.807) is 24.4 Å². The van der Waals surface area contributed by atoms with Gasteiger partial charge in [0.25, 0.3) is 5.91 Å². The van der Waals surface area contributed by atoms with E-state index in [0.29, 0.717) is 23.6 Å². The number of ether oxygens (including phenoxy) is 2. The number of aryl methyl sites for hydroxylation is 1. The molecule has 110 valence electrons. The summed E-state index contributed by atoms with van der Waals surface area (Å²) in [5.41, 5.74) is 2.65. The minimum atomic E-state index is -0.142. The third-order valence-electron chi connectivity index (χ3n) is 3.58. The van der Waals surface area contributed by atoms with Gasteiger partial charge in [0.05, 0.1) is 6.20 Å². The Labute approximate surface area is 122 Å². The average Bonchev–Trinajstić information content (AvgIpc) is 3.10. The molecular formula is C15H17N3O3. The van der Waals surface area contributed by atoms with Gasteiger partial charge in [-0.3, -0.25) is 9.48 Å². The van der Waals surface area contributed by atoms with Gasteiger partial charge in [-0.2, -0.15) is 5.10 Å². The van der Waals surface area contributed by atoms with E-state index in [4.69, 9.17) is 9.47 Å². The molecule has 2 heterocycles. The molecule has 1 aliphatic heterocycles. The predicted molar refractivity (Wildman–Crippen MR) is 76.4 cm³/mol. The molecule has 3 rings (SSSR count). The molecule has 0 aliphatic carbocycles. The maximum atomic E-state index is 12.2. The van der Waals surface area contributed by atoms with Crippen molar-refractivity contribution in [2.45, 2.75) is 26.9 Å². The number of carbonyl (C=O) groups excluding carboxylic acids is 1. The molecule has 0 saturated heterocycles. The molecule has 0 bridgehead atoms. The molecular weight excluding hydrogens is 270 g/mol. The largest absolute Gasteiger partial charge is 0.454 e. The van der Waals surface area contributed by atoms with Crippen LogP contribution >= 0.6 is 0 Å². The van der Waals surface area contributed by atoms with Crippen LogP contribution in [0.15, 0.2) is 24.4 Å². The van der Waals surface area contributed by atoms with Crippen molar-refractivity contribution in [3.8, 4) is 11.5 Å². The Bertz CT molecular complexity index is 679. The van der Waals surface area contributed by atoms with Crippen LogP contribution in [0, 0.1) is 6.92 Å². The van der Waals surface area contributed by atoms with Gasteiger partial charge in [-0.25, -0.2) is 0 Å². The van der Waals surface area contributed by atoms with Gasteiger partial charge in [-0.1, -0.05) is 0 Å². The second-order valence-corrected chi connectivity index (χ2v) is 4.82. The van der Waals surface area contributed by atoms with E-state index in [1.807, 2.05) is 18.5 Å². The van der Waals surface area contributed by atoms with Gasteiger partial charge in [0.2, 0.25) is 6.79 Å². The Morgan fingerprint density at radius 3 is 2.95 bits per heavy atom. The fourth-order valence-electron chi connectivity index (χ4n) is 2.29. The van der Waals surface area contributed by atoms with Crippen LogP contribution in [0.5, 0.6) is 11.5 Å². The van der Waals surface area contributed by atoms with E-state index < -0.39 is 0 Å². The van der Waals surface area contributed by atoms with Crippen molar-refractivity contribution in [2.75, 3.05) is 6.79 Å². The first-order valence-electron chi connectivity index (χ1n) is 6.88. The number of nitrogens with zero attached hydrogens (tertiary/aromatic N) is 2. The van der Waals surface area contributed by atoms with Crippen molar-refractivity contribution in [3.05, 3.63) is 41.2 Å². The zero-order chi connectivity index (χ0) is 14.8. The summed E-state index contributed by atoms with van der Waals surface area (Å²) in [7, 11) is 0. The van der Waals surface area contributed by atoms with E-state index in [9.17, 15) is 4.79 Å². The van der Waals surface area contributed by atoms with Gasteiger partial charge in [0, 0.05) is 29.9 Å². The molecule has 0 unspecified atom stereocenters. The number of carbonyl (C=O) groups is 1. The zero-order valence-corrected chi connectivity index (χ0v) is 12.0. The van der Waals surface area contributed by atoms with Crippen LogP contribution in [0.1, 0.15) is 28.5 Å². The lowest BCUT2D eigenvalue weighted by Crippen LogP contribution is -2.23. The van der Waals surface area contributed by atoms with Crippen molar-refractivity contribution >= 4 is 5.91 Å². The highest BCUT2D eigenvalue weighted by Gasteiger charge is 2.16. The van der Waals surface area contributed by atoms with Gasteiger partial charge in [0.15, 0.2) is 11.5 Å². The first-order valence-corrected chi connectivity index (χ1v) is 6.88. The summed E-state index contributed by atoms with van der Waals surface area (Å²) in [5, 5.41) is 7.16. The monoisotopic (exact) mass is 287 g/mol. The first kappa shape index (κ1) is 13.5. The highest BCUT2D eigenvalue weighted by atomic mass is 16.7. The SMILES string of the molecule is CCn1ncc(CNC(=O)c2ccc3c(c2)OCO3)c1C. The molecule has 0 spiro atoms. The minimum Gasteiger partial charge on any atom is -0.454 e. The Hall–Kier alpha value is -2.50. The van der Waals surface area contributed by atoms with Gasteiger partial charge in [0.1, 0.15) is 0 Å². The number of hydrogen-bond acceptors (Lipinski definition) is 4. The normalized spacial score (nSPS) is 12.5. The van der Waals surface area contributed by atoms with Gasteiger partial charge < -0.3 is 14.8 Å². The van der Waals surface area contributed by atoms with Crippen LogP contribution in [0.4, 0.5) is 0 Å². The molecule has 1 amide bonds. The third-order valence-corrected chi connectivity index (χ3v) is 3.58. The lowest BCUT2D eigenvalue weighted by molar-refractivity contribution is 0.0950. The Kier molecular flexibility index (Phi) is 3.51. The topological polar surface area (TPSA) is 65.4 Å². The van der Waals surface area contributed by atoms with E-state index >= 15 is 0 Å². The van der Waals surface area contributed by atoms with Crippen molar-refractivity contribution in [1.29, 1.82) is 0 Å². The molecule has 1 aromatic heterocycles. The maximum Gasteiger partial charge on any atom is 0.251 e. The summed E-state index contributed by atoms with van der Waals surface area (Å²) >= 11 is 0. The fourth-order valence-corrected chi connectivity index (χ4v) is 2.29. The highest BCUT2D eigenvalue weighted by molar-refractivity contribution is 5.94. The highest BCUT2D eigenvalue weighted by Crippen LogP contribution is 2.32. The number of benzene rings is 1. The number of nitrogens with one attached hydrogen (secondary N) is 1. The van der Waals surface area contributed by atoms with Crippen LogP contribution < -0.4 is 14.8 Å². The van der Waals surface area contributed by atoms with Crippen molar-refractivity contribution in [3.63, 3.8) is 0 Å². The summed E-state index contributed by atoms with van der Waals surface area (Å²) in [4.78, 5) is 12.2. The minimum absolute atomic E-state index is 0.142. The molecule has 1 N–H and O–H groups in total. The fraction of sp³-hybridized carbons (Fsp3) is 0.333. The Morgan fingerprint density at radius 1 is 1.38 bits per heavy atom. The van der Waals surface area contributed by atoms with E-state index in [1.165, 1.54) is 0 Å². The van der Waals surface area contributed by atoms with Gasteiger partial charge >= 0.3 is 0 Å². The molecule has 2 aromatic rings. The van der Waals surface area contributed by atoms with Gasteiger partial charge in [-0.05, 0) is 32.0 Å². The molecule has 21 heavy (non-hydrogen) atoms. The van der Waals surface area contributed by atoms with Crippen LogP contribution in [-0.4, -0.2) is 22.5 Å². The van der Waals surface area contributed by atoms with Gasteiger partial charge in [-0.15, -0.1) is 0 Å². The summed E-state index contributed by atoms with van der Waals surface area (Å²) in [6.45, 7) is 5.52. The Balaban J connectivity index is 1.67. The number of fused-ring (bicyclic) bond motifs is 1. The van der Waals surface area contributed by atoms with E-state index in [0.717, 1.165) is 17.8 Å². The molecule has 6 nitrogen and oxygen atoms in total. The second kappa shape index (κ2) is 5.47. The summed E-state index contributed by atoms with van der Waals surface area (Å²) < 4.78 is 12.4. The molecule has 0 atom stereocenters. The second-order valence-electron chi connectivity index (χ2n) is 4.82. The smallest absolute Gasteiger partial charge is 0.251 e. The Morgan fingerprint density at radius 2 is 2.19 bits per heavy atom. The quantitative estimate of drug-likeness (QED) is 0.932. The van der Waals surface area contributed by atoms with E-state index in [-0.39, 0.29) is 12.7 Å². The van der Waals surface area contributed by atoms with Crippen molar-refractivity contribution in [1.82, 2.24) is 15.1 Å².